The number of carbonyl (C=O) groups excluding carboxylic acids is 2. The number of halogens is 2. The van der Waals surface area contributed by atoms with Gasteiger partial charge in [0.25, 0.3) is 0 Å². The van der Waals surface area contributed by atoms with E-state index in [2.05, 4.69) is 17.2 Å². The van der Waals surface area contributed by atoms with Crippen LogP contribution in [0.25, 0.3) is 0 Å². The zero-order chi connectivity index (χ0) is 16.5. The zero-order valence-electron chi connectivity index (χ0n) is 13.8. The quantitative estimate of drug-likeness (QED) is 0.518. The second kappa shape index (κ2) is 12.7. The Balaban J connectivity index is 0.00000288. The van der Waals surface area contributed by atoms with Crippen molar-refractivity contribution in [3.63, 3.8) is 0 Å². The summed E-state index contributed by atoms with van der Waals surface area (Å²) in [6.45, 7) is 4.68. The van der Waals surface area contributed by atoms with E-state index in [1.807, 2.05) is 30.3 Å². The van der Waals surface area contributed by atoms with Gasteiger partial charge in [-0.05, 0) is 12.0 Å². The first kappa shape index (κ1) is 23.4. The van der Waals surface area contributed by atoms with Gasteiger partial charge in [-0.25, -0.2) is 0 Å². The van der Waals surface area contributed by atoms with Gasteiger partial charge in [-0.2, -0.15) is 0 Å². The van der Waals surface area contributed by atoms with E-state index in [-0.39, 0.29) is 68.6 Å². The molecule has 0 amide bonds. The predicted molar refractivity (Wildman–Crippen MR) is 100 cm³/mol. The molecule has 140 valence electrons. The Morgan fingerprint density at radius 1 is 1.24 bits per heavy atom. The first-order valence-corrected chi connectivity index (χ1v) is 7.63. The van der Waals surface area contributed by atoms with Crippen LogP contribution in [0.2, 0.25) is 0 Å². The van der Waals surface area contributed by atoms with Crippen LogP contribution in [0.4, 0.5) is 0 Å². The molecule has 0 aromatic heterocycles. The topological polar surface area (TPSA) is 76.7 Å². The van der Waals surface area contributed by atoms with Crippen LogP contribution in [0.5, 0.6) is 0 Å². The van der Waals surface area contributed by atoms with Gasteiger partial charge in [0.05, 0.1) is 6.54 Å². The molecule has 25 heavy (non-hydrogen) atoms. The Morgan fingerprint density at radius 2 is 1.96 bits per heavy atom. The molecule has 1 aliphatic heterocycles. The van der Waals surface area contributed by atoms with Gasteiger partial charge >= 0.3 is 11.9 Å². The number of carbonyl (C=O) groups is 2. The number of ether oxygens (including phenoxy) is 2. The molecule has 2 N–H and O–H groups in total. The minimum atomic E-state index is -0.347. The third kappa shape index (κ3) is 8.36. The summed E-state index contributed by atoms with van der Waals surface area (Å²) in [5.74, 6) is -0.604. The van der Waals surface area contributed by atoms with E-state index < -0.39 is 0 Å². The molecule has 1 aliphatic rings. The fraction of sp³-hybridized carbons (Fsp3) is 0.412. The standard InChI is InChI=1S/C17H22N2O4.2ClH/c1-2-8-22-16(20)11-18-14-9-15(19-10-14)17(21)23-12-13-6-4-3-5-7-13;;/h2-7,14-15,18-19H,1,8-12H2;2*1H. The highest BCUT2D eigenvalue weighted by Crippen LogP contribution is 2.10. The van der Waals surface area contributed by atoms with Crippen molar-refractivity contribution < 1.29 is 19.1 Å². The van der Waals surface area contributed by atoms with Gasteiger partial charge in [0, 0.05) is 12.6 Å². The lowest BCUT2D eigenvalue weighted by atomic mass is 10.1. The van der Waals surface area contributed by atoms with Crippen molar-refractivity contribution >= 4 is 36.8 Å². The number of hydrogen-bond donors (Lipinski definition) is 2. The Labute approximate surface area is 160 Å². The van der Waals surface area contributed by atoms with Crippen molar-refractivity contribution in [2.24, 2.45) is 0 Å². The highest BCUT2D eigenvalue weighted by atomic mass is 35.5. The van der Waals surface area contributed by atoms with Crippen molar-refractivity contribution in [2.75, 3.05) is 19.7 Å². The van der Waals surface area contributed by atoms with Crippen LogP contribution in [0, 0.1) is 0 Å². The lowest BCUT2D eigenvalue weighted by molar-refractivity contribution is -0.147. The van der Waals surface area contributed by atoms with Gasteiger partial charge in [-0.3, -0.25) is 9.59 Å². The molecule has 1 saturated heterocycles. The van der Waals surface area contributed by atoms with Crippen LogP contribution in [0.15, 0.2) is 43.0 Å². The summed E-state index contributed by atoms with van der Waals surface area (Å²) in [6.07, 6.45) is 2.11. The molecule has 0 saturated carbocycles. The minimum Gasteiger partial charge on any atom is -0.461 e. The lowest BCUT2D eigenvalue weighted by Gasteiger charge is -2.12. The van der Waals surface area contributed by atoms with Crippen LogP contribution in [0.3, 0.4) is 0 Å². The number of nitrogens with one attached hydrogen (secondary N) is 2. The van der Waals surface area contributed by atoms with Gasteiger partial charge < -0.3 is 20.1 Å². The summed E-state index contributed by atoms with van der Waals surface area (Å²) in [4.78, 5) is 23.4. The number of benzene rings is 1. The zero-order valence-corrected chi connectivity index (χ0v) is 15.4. The molecule has 0 bridgehead atoms. The van der Waals surface area contributed by atoms with Crippen LogP contribution in [-0.2, 0) is 25.7 Å². The maximum atomic E-state index is 12.0. The highest BCUT2D eigenvalue weighted by Gasteiger charge is 2.30. The minimum absolute atomic E-state index is 0. The van der Waals surface area contributed by atoms with E-state index in [1.165, 1.54) is 6.08 Å². The lowest BCUT2D eigenvalue weighted by Crippen LogP contribution is -2.35. The van der Waals surface area contributed by atoms with Crippen LogP contribution in [-0.4, -0.2) is 43.7 Å². The molecule has 2 atom stereocenters. The Kier molecular flexibility index (Phi) is 11.9. The number of rotatable bonds is 8. The summed E-state index contributed by atoms with van der Waals surface area (Å²) in [6, 6.07) is 9.25. The smallest absolute Gasteiger partial charge is 0.323 e. The first-order chi connectivity index (χ1) is 11.2. The molecule has 0 aliphatic carbocycles. The highest BCUT2D eigenvalue weighted by molar-refractivity contribution is 5.85. The van der Waals surface area contributed by atoms with Crippen LogP contribution < -0.4 is 10.6 Å². The fourth-order valence-corrected chi connectivity index (χ4v) is 2.33. The average molecular weight is 391 g/mol. The largest absolute Gasteiger partial charge is 0.461 e. The van der Waals surface area contributed by atoms with Crippen molar-refractivity contribution in [1.29, 1.82) is 0 Å². The second-order valence-corrected chi connectivity index (χ2v) is 5.34. The first-order valence-electron chi connectivity index (χ1n) is 7.63. The molecule has 1 heterocycles. The van der Waals surface area contributed by atoms with Gasteiger partial charge in [0.2, 0.25) is 0 Å². The summed E-state index contributed by atoms with van der Waals surface area (Å²) in [5, 5.41) is 6.17. The van der Waals surface area contributed by atoms with Crippen molar-refractivity contribution in [1.82, 2.24) is 10.6 Å². The van der Waals surface area contributed by atoms with E-state index >= 15 is 0 Å². The summed E-state index contributed by atoms with van der Waals surface area (Å²) >= 11 is 0. The molecule has 1 aromatic rings. The maximum Gasteiger partial charge on any atom is 0.323 e. The molecule has 2 unspecified atom stereocenters. The molecule has 2 rings (SSSR count). The normalized spacial score (nSPS) is 18.4. The number of hydrogen-bond acceptors (Lipinski definition) is 6. The van der Waals surface area contributed by atoms with E-state index in [0.717, 1.165) is 5.56 Å². The van der Waals surface area contributed by atoms with Gasteiger partial charge in [0.15, 0.2) is 0 Å². The molecular formula is C17H24Cl2N2O4. The third-order valence-electron chi connectivity index (χ3n) is 3.54. The Bertz CT molecular complexity index is 543. The summed E-state index contributed by atoms with van der Waals surface area (Å²) < 4.78 is 10.2. The molecule has 1 aromatic carbocycles. The fourth-order valence-electron chi connectivity index (χ4n) is 2.33. The van der Waals surface area contributed by atoms with Crippen LogP contribution in [0.1, 0.15) is 12.0 Å². The Hall–Kier alpha value is -1.60. The Morgan fingerprint density at radius 3 is 2.64 bits per heavy atom. The van der Waals surface area contributed by atoms with Crippen molar-refractivity contribution in [2.45, 2.75) is 25.1 Å². The molecule has 1 fully saturated rings. The molecule has 6 nitrogen and oxygen atoms in total. The van der Waals surface area contributed by atoms with E-state index in [4.69, 9.17) is 9.47 Å². The summed E-state index contributed by atoms with van der Waals surface area (Å²) in [5.41, 5.74) is 0.957. The average Bonchev–Trinajstić information content (AvgIpc) is 3.06. The SMILES string of the molecule is C=CCOC(=O)CNC1CNC(C(=O)OCc2ccccc2)C1.Cl.Cl. The molecule has 0 spiro atoms. The van der Waals surface area contributed by atoms with Crippen molar-refractivity contribution in [3.8, 4) is 0 Å². The molecule has 8 heteroatoms. The number of esters is 2. The maximum absolute atomic E-state index is 12.0. The second-order valence-electron chi connectivity index (χ2n) is 5.34. The van der Waals surface area contributed by atoms with E-state index in [1.54, 1.807) is 0 Å². The van der Waals surface area contributed by atoms with E-state index in [9.17, 15) is 9.59 Å². The van der Waals surface area contributed by atoms with Gasteiger partial charge in [0.1, 0.15) is 19.3 Å². The molecule has 0 radical (unpaired) electrons. The van der Waals surface area contributed by atoms with Gasteiger partial charge in [-0.1, -0.05) is 43.0 Å². The third-order valence-corrected chi connectivity index (χ3v) is 3.54. The van der Waals surface area contributed by atoms with Gasteiger partial charge in [-0.15, -0.1) is 24.8 Å². The molecular weight excluding hydrogens is 367 g/mol. The van der Waals surface area contributed by atoms with Crippen LogP contribution >= 0.6 is 24.8 Å². The van der Waals surface area contributed by atoms with Crippen molar-refractivity contribution in [3.05, 3.63) is 48.6 Å². The predicted octanol–water partition coefficient (Wildman–Crippen LogP) is 1.62. The van der Waals surface area contributed by atoms with E-state index in [0.29, 0.717) is 13.0 Å². The summed E-state index contributed by atoms with van der Waals surface area (Å²) in [7, 11) is 0. The monoisotopic (exact) mass is 390 g/mol.